The Kier molecular flexibility index (Phi) is 6.17. The summed E-state index contributed by atoms with van der Waals surface area (Å²) in [6, 6.07) is 25.0. The molecule has 1 amide bonds. The van der Waals surface area contributed by atoms with Gasteiger partial charge in [-0.3, -0.25) is 9.78 Å². The Balaban J connectivity index is 1.36. The molecular weight excluding hydrogens is 392 g/mol. The number of pyridine rings is 1. The summed E-state index contributed by atoms with van der Waals surface area (Å²) in [4.78, 5) is 19.2. The fourth-order valence-electron chi connectivity index (χ4n) is 3.04. The van der Waals surface area contributed by atoms with Crippen molar-refractivity contribution in [3.05, 3.63) is 101 Å². The maximum absolute atomic E-state index is 12.5. The van der Waals surface area contributed by atoms with Crippen molar-refractivity contribution in [1.29, 1.82) is 0 Å². The summed E-state index contributed by atoms with van der Waals surface area (Å²) >= 11 is 1.74. The number of nitrogen functional groups attached to an aromatic ring is 1. The summed E-state index contributed by atoms with van der Waals surface area (Å²) in [5.41, 5.74) is 9.77. The lowest BCUT2D eigenvalue weighted by Gasteiger charge is -2.08. The van der Waals surface area contributed by atoms with E-state index < -0.39 is 0 Å². The molecule has 6 heteroatoms. The molecule has 0 bridgehead atoms. The van der Waals surface area contributed by atoms with Gasteiger partial charge in [0.25, 0.3) is 5.91 Å². The maximum atomic E-state index is 12.5. The lowest BCUT2D eigenvalue weighted by molar-refractivity contribution is 0.102. The van der Waals surface area contributed by atoms with Gasteiger partial charge in [0.2, 0.25) is 0 Å². The fourth-order valence-corrected chi connectivity index (χ4v) is 4.02. The molecule has 0 aliphatic carbocycles. The number of rotatable bonds is 7. The molecule has 0 unspecified atom stereocenters. The van der Waals surface area contributed by atoms with Gasteiger partial charge < -0.3 is 16.4 Å². The number of thiophene rings is 1. The van der Waals surface area contributed by atoms with Crippen molar-refractivity contribution in [2.75, 3.05) is 11.1 Å². The Labute approximate surface area is 179 Å². The van der Waals surface area contributed by atoms with Crippen molar-refractivity contribution in [2.24, 2.45) is 0 Å². The third-order valence-electron chi connectivity index (χ3n) is 4.63. The van der Waals surface area contributed by atoms with E-state index >= 15 is 0 Å². The van der Waals surface area contributed by atoms with Crippen molar-refractivity contribution < 1.29 is 4.79 Å². The molecule has 2 heterocycles. The molecule has 150 valence electrons. The van der Waals surface area contributed by atoms with Gasteiger partial charge in [-0.15, -0.1) is 11.3 Å². The second-order valence-electron chi connectivity index (χ2n) is 6.81. The van der Waals surface area contributed by atoms with E-state index in [2.05, 4.69) is 27.8 Å². The van der Waals surface area contributed by atoms with Crippen LogP contribution < -0.4 is 16.4 Å². The van der Waals surface area contributed by atoms with Crippen LogP contribution in [-0.4, -0.2) is 10.9 Å². The van der Waals surface area contributed by atoms with Crippen molar-refractivity contribution in [3.8, 4) is 10.4 Å². The van der Waals surface area contributed by atoms with Gasteiger partial charge in [-0.1, -0.05) is 30.3 Å². The molecule has 0 aliphatic heterocycles. The van der Waals surface area contributed by atoms with Crippen molar-refractivity contribution in [2.45, 2.75) is 13.1 Å². The topological polar surface area (TPSA) is 80.0 Å². The highest BCUT2D eigenvalue weighted by molar-refractivity contribution is 7.15. The third kappa shape index (κ3) is 4.92. The Hall–Kier alpha value is -3.48. The minimum Gasteiger partial charge on any atom is -0.397 e. The van der Waals surface area contributed by atoms with Gasteiger partial charge >= 0.3 is 0 Å². The lowest BCUT2D eigenvalue weighted by Crippen LogP contribution is -2.12. The number of carbonyl (C=O) groups excluding carboxylic acids is 1. The van der Waals surface area contributed by atoms with Crippen LogP contribution in [0.1, 0.15) is 20.9 Å². The molecule has 0 atom stereocenters. The van der Waals surface area contributed by atoms with Crippen LogP contribution >= 0.6 is 11.3 Å². The molecule has 5 nitrogen and oxygen atoms in total. The highest BCUT2D eigenvalue weighted by Gasteiger charge is 2.09. The number of nitrogens with two attached hydrogens (primary N) is 1. The quantitative estimate of drug-likeness (QED) is 0.375. The number of nitrogens with zero attached hydrogens (tertiary/aromatic N) is 1. The van der Waals surface area contributed by atoms with Crippen molar-refractivity contribution in [3.63, 3.8) is 0 Å². The van der Waals surface area contributed by atoms with Gasteiger partial charge in [-0.25, -0.2) is 0 Å². The van der Waals surface area contributed by atoms with E-state index in [1.54, 1.807) is 29.7 Å². The molecule has 0 spiro atoms. The predicted octanol–water partition coefficient (Wildman–Crippen LogP) is 4.93. The van der Waals surface area contributed by atoms with Crippen LogP contribution in [0.25, 0.3) is 10.4 Å². The molecule has 0 radical (unpaired) electrons. The fraction of sp³-hybridized carbons (Fsp3) is 0.0833. The van der Waals surface area contributed by atoms with Gasteiger partial charge in [0.1, 0.15) is 0 Å². The predicted molar refractivity (Wildman–Crippen MR) is 123 cm³/mol. The van der Waals surface area contributed by atoms with Crippen molar-refractivity contribution >= 4 is 28.6 Å². The zero-order valence-electron chi connectivity index (χ0n) is 16.3. The zero-order chi connectivity index (χ0) is 20.8. The van der Waals surface area contributed by atoms with E-state index in [0.717, 1.165) is 24.3 Å². The first-order valence-corrected chi connectivity index (χ1v) is 10.5. The second kappa shape index (κ2) is 9.35. The highest BCUT2D eigenvalue weighted by Crippen LogP contribution is 2.28. The summed E-state index contributed by atoms with van der Waals surface area (Å²) in [5, 5.41) is 6.27. The molecule has 0 saturated heterocycles. The van der Waals surface area contributed by atoms with E-state index in [0.29, 0.717) is 16.9 Å². The number of anilines is 2. The molecule has 2 aromatic heterocycles. The summed E-state index contributed by atoms with van der Waals surface area (Å²) in [6.07, 6.45) is 1.80. The standard InChI is InChI=1S/C24H22N4OS/c25-21-6-1-2-7-22(21)28-24(29)18-10-8-17(9-11-18)23-13-12-20(30-23)16-26-15-19-5-3-4-14-27-19/h1-14,26H,15-16,25H2,(H,28,29). The third-order valence-corrected chi connectivity index (χ3v) is 5.77. The first-order valence-electron chi connectivity index (χ1n) is 9.65. The zero-order valence-corrected chi connectivity index (χ0v) is 17.2. The van der Waals surface area contributed by atoms with Crippen LogP contribution in [0.5, 0.6) is 0 Å². The first-order chi connectivity index (χ1) is 14.7. The monoisotopic (exact) mass is 414 g/mol. The van der Waals surface area contributed by atoms with Crippen LogP contribution in [0.4, 0.5) is 11.4 Å². The Bertz CT molecular complexity index is 1120. The normalized spacial score (nSPS) is 10.7. The van der Waals surface area contributed by atoms with E-state index in [1.807, 2.05) is 54.6 Å². The number of para-hydroxylation sites is 2. The average molecular weight is 415 g/mol. The number of hydrogen-bond acceptors (Lipinski definition) is 5. The van der Waals surface area contributed by atoms with Crippen LogP contribution in [-0.2, 0) is 13.1 Å². The van der Waals surface area contributed by atoms with Crippen LogP contribution in [0.3, 0.4) is 0 Å². The Morgan fingerprint density at radius 1 is 0.900 bits per heavy atom. The Morgan fingerprint density at radius 3 is 2.47 bits per heavy atom. The molecule has 0 fully saturated rings. The molecule has 4 rings (SSSR count). The number of carbonyl (C=O) groups is 1. The van der Waals surface area contributed by atoms with E-state index in [4.69, 9.17) is 5.73 Å². The van der Waals surface area contributed by atoms with Crippen LogP contribution in [0, 0.1) is 0 Å². The average Bonchev–Trinajstić information content (AvgIpc) is 3.25. The molecular formula is C24H22N4OS. The smallest absolute Gasteiger partial charge is 0.255 e. The number of amides is 1. The molecule has 4 N–H and O–H groups in total. The van der Waals surface area contributed by atoms with Gasteiger partial charge in [0.05, 0.1) is 17.1 Å². The van der Waals surface area contributed by atoms with E-state index in [9.17, 15) is 4.79 Å². The van der Waals surface area contributed by atoms with Gasteiger partial charge in [-0.05, 0) is 54.1 Å². The minimum atomic E-state index is -0.176. The molecule has 0 saturated carbocycles. The molecule has 0 aliphatic rings. The first kappa shape index (κ1) is 19.8. The van der Waals surface area contributed by atoms with Gasteiger partial charge in [-0.2, -0.15) is 0 Å². The number of nitrogens with one attached hydrogen (secondary N) is 2. The maximum Gasteiger partial charge on any atom is 0.255 e. The molecule has 4 aromatic rings. The summed E-state index contributed by atoms with van der Waals surface area (Å²) < 4.78 is 0. The number of hydrogen-bond donors (Lipinski definition) is 3. The van der Waals surface area contributed by atoms with Gasteiger partial charge in [0.15, 0.2) is 0 Å². The molecule has 30 heavy (non-hydrogen) atoms. The summed E-state index contributed by atoms with van der Waals surface area (Å²) in [5.74, 6) is -0.176. The lowest BCUT2D eigenvalue weighted by atomic mass is 10.1. The van der Waals surface area contributed by atoms with Crippen LogP contribution in [0.15, 0.2) is 85.1 Å². The highest BCUT2D eigenvalue weighted by atomic mass is 32.1. The van der Waals surface area contributed by atoms with Gasteiger partial charge in [0, 0.05) is 34.6 Å². The summed E-state index contributed by atoms with van der Waals surface area (Å²) in [6.45, 7) is 1.53. The minimum absolute atomic E-state index is 0.176. The Morgan fingerprint density at radius 2 is 1.70 bits per heavy atom. The summed E-state index contributed by atoms with van der Waals surface area (Å²) in [7, 11) is 0. The van der Waals surface area contributed by atoms with E-state index in [1.165, 1.54) is 9.75 Å². The van der Waals surface area contributed by atoms with E-state index in [-0.39, 0.29) is 5.91 Å². The number of benzene rings is 2. The van der Waals surface area contributed by atoms with Crippen LogP contribution in [0.2, 0.25) is 0 Å². The second-order valence-corrected chi connectivity index (χ2v) is 7.98. The largest absolute Gasteiger partial charge is 0.397 e. The van der Waals surface area contributed by atoms with Crippen molar-refractivity contribution in [1.82, 2.24) is 10.3 Å². The SMILES string of the molecule is Nc1ccccc1NC(=O)c1ccc(-c2ccc(CNCc3ccccn3)s2)cc1. The molecule has 2 aromatic carbocycles. The number of aromatic nitrogens is 1.